The van der Waals surface area contributed by atoms with Gasteiger partial charge in [0.1, 0.15) is 11.9 Å². The van der Waals surface area contributed by atoms with Crippen LogP contribution in [0.5, 0.6) is 0 Å². The van der Waals surface area contributed by atoms with Gasteiger partial charge < -0.3 is 9.73 Å². The van der Waals surface area contributed by atoms with Crippen molar-refractivity contribution >= 4 is 18.0 Å². The average Bonchev–Trinajstić information content (AvgIpc) is 2.81. The van der Waals surface area contributed by atoms with Gasteiger partial charge in [-0.1, -0.05) is 12.1 Å². The highest BCUT2D eigenvalue weighted by molar-refractivity contribution is 5.67. The Balaban J connectivity index is 2.19. The van der Waals surface area contributed by atoms with E-state index in [4.69, 9.17) is 9.68 Å². The van der Waals surface area contributed by atoms with Crippen molar-refractivity contribution in [3.63, 3.8) is 0 Å². The number of nitrogens with one attached hydrogen (secondary N) is 1. The van der Waals surface area contributed by atoms with Gasteiger partial charge >= 0.3 is 0 Å². The summed E-state index contributed by atoms with van der Waals surface area (Å²) in [6.45, 7) is 2.54. The monoisotopic (exact) mass is 257 g/mol. The maximum atomic E-state index is 12.7. The van der Waals surface area contributed by atoms with E-state index < -0.39 is 0 Å². The van der Waals surface area contributed by atoms with Crippen molar-refractivity contribution in [2.75, 3.05) is 11.9 Å². The SMILES string of the molecule is CCNc1oc(C=Cc2ccc(F)cc2)nc1C#N. The van der Waals surface area contributed by atoms with Crippen LogP contribution in [-0.4, -0.2) is 11.5 Å². The van der Waals surface area contributed by atoms with Crippen molar-refractivity contribution in [1.29, 1.82) is 5.26 Å². The van der Waals surface area contributed by atoms with Gasteiger partial charge in [0.25, 0.3) is 0 Å². The molecule has 0 aliphatic heterocycles. The largest absolute Gasteiger partial charge is 0.420 e. The molecule has 1 N–H and O–H groups in total. The standard InChI is InChI=1S/C14H12FN3O/c1-2-17-14-12(9-16)18-13(19-14)8-5-10-3-6-11(15)7-4-10/h3-8,17H,2H2,1H3. The Kier molecular flexibility index (Phi) is 3.94. The van der Waals surface area contributed by atoms with Crippen LogP contribution in [0.25, 0.3) is 12.2 Å². The van der Waals surface area contributed by atoms with Crippen LogP contribution in [0.4, 0.5) is 10.3 Å². The molecule has 0 spiro atoms. The molecular formula is C14H12FN3O. The predicted molar refractivity (Wildman–Crippen MR) is 70.7 cm³/mol. The summed E-state index contributed by atoms with van der Waals surface area (Å²) in [6.07, 6.45) is 3.37. The Labute approximate surface area is 110 Å². The Hall–Kier alpha value is -2.61. The molecule has 2 rings (SSSR count). The first-order valence-electron chi connectivity index (χ1n) is 5.81. The molecule has 4 nitrogen and oxygen atoms in total. The van der Waals surface area contributed by atoms with Crippen molar-refractivity contribution in [2.45, 2.75) is 6.92 Å². The highest BCUT2D eigenvalue weighted by Crippen LogP contribution is 2.18. The number of hydrogen-bond donors (Lipinski definition) is 1. The maximum absolute atomic E-state index is 12.7. The third-order valence-electron chi connectivity index (χ3n) is 2.38. The van der Waals surface area contributed by atoms with Crippen LogP contribution in [0.2, 0.25) is 0 Å². The third kappa shape index (κ3) is 3.19. The summed E-state index contributed by atoms with van der Waals surface area (Å²) in [5.41, 5.74) is 1.05. The molecule has 1 aromatic heterocycles. The molecule has 0 unspecified atom stereocenters. The zero-order chi connectivity index (χ0) is 13.7. The minimum absolute atomic E-state index is 0.223. The second kappa shape index (κ2) is 5.83. The van der Waals surface area contributed by atoms with Crippen molar-refractivity contribution in [2.24, 2.45) is 0 Å². The van der Waals surface area contributed by atoms with E-state index in [1.54, 1.807) is 24.3 Å². The van der Waals surface area contributed by atoms with E-state index in [2.05, 4.69) is 10.3 Å². The molecule has 0 saturated heterocycles. The molecule has 0 bridgehead atoms. The van der Waals surface area contributed by atoms with Crippen LogP contribution < -0.4 is 5.32 Å². The van der Waals surface area contributed by atoms with E-state index in [0.29, 0.717) is 18.3 Å². The molecule has 0 aliphatic rings. The van der Waals surface area contributed by atoms with E-state index >= 15 is 0 Å². The molecule has 2 aromatic rings. The number of nitriles is 1. The third-order valence-corrected chi connectivity index (χ3v) is 2.38. The lowest BCUT2D eigenvalue weighted by atomic mass is 10.2. The molecule has 0 amide bonds. The number of anilines is 1. The Morgan fingerprint density at radius 3 is 2.74 bits per heavy atom. The normalized spacial score (nSPS) is 10.6. The van der Waals surface area contributed by atoms with Crippen LogP contribution in [0, 0.1) is 17.1 Å². The highest BCUT2D eigenvalue weighted by Gasteiger charge is 2.09. The summed E-state index contributed by atoms with van der Waals surface area (Å²) in [7, 11) is 0. The topological polar surface area (TPSA) is 61.9 Å². The summed E-state index contributed by atoms with van der Waals surface area (Å²) in [5.74, 6) is 0.412. The first-order chi connectivity index (χ1) is 9.22. The summed E-state index contributed by atoms with van der Waals surface area (Å²) in [4.78, 5) is 4.03. The van der Waals surface area contributed by atoms with Crippen LogP contribution in [0.15, 0.2) is 28.7 Å². The van der Waals surface area contributed by atoms with Gasteiger partial charge in [-0.25, -0.2) is 4.39 Å². The molecule has 1 aromatic carbocycles. The minimum Gasteiger partial charge on any atom is -0.420 e. The van der Waals surface area contributed by atoms with Crippen molar-refractivity contribution in [3.05, 3.63) is 47.2 Å². The Morgan fingerprint density at radius 2 is 2.11 bits per heavy atom. The number of halogens is 1. The fourth-order valence-electron chi connectivity index (χ4n) is 1.51. The molecular weight excluding hydrogens is 245 g/mol. The molecule has 0 saturated carbocycles. The van der Waals surface area contributed by atoms with E-state index in [1.165, 1.54) is 12.1 Å². The number of benzene rings is 1. The number of rotatable bonds is 4. The summed E-state index contributed by atoms with van der Waals surface area (Å²) in [5, 5.41) is 11.8. The number of hydrogen-bond acceptors (Lipinski definition) is 4. The first-order valence-corrected chi connectivity index (χ1v) is 5.81. The molecule has 0 atom stereocenters. The molecule has 0 radical (unpaired) electrons. The van der Waals surface area contributed by atoms with Crippen molar-refractivity contribution in [3.8, 4) is 6.07 Å². The predicted octanol–water partition coefficient (Wildman–Crippen LogP) is 3.29. The van der Waals surface area contributed by atoms with Crippen LogP contribution in [0.1, 0.15) is 24.1 Å². The second-order valence-corrected chi connectivity index (χ2v) is 3.76. The summed E-state index contributed by atoms with van der Waals surface area (Å²) < 4.78 is 18.1. The fourth-order valence-corrected chi connectivity index (χ4v) is 1.51. The quantitative estimate of drug-likeness (QED) is 0.912. The Morgan fingerprint density at radius 1 is 1.37 bits per heavy atom. The average molecular weight is 257 g/mol. The highest BCUT2D eigenvalue weighted by atomic mass is 19.1. The van der Waals surface area contributed by atoms with Crippen LogP contribution >= 0.6 is 0 Å². The molecule has 96 valence electrons. The molecule has 5 heteroatoms. The zero-order valence-electron chi connectivity index (χ0n) is 10.4. The lowest BCUT2D eigenvalue weighted by Gasteiger charge is -1.94. The molecule has 19 heavy (non-hydrogen) atoms. The molecule has 0 fully saturated rings. The van der Waals surface area contributed by atoms with Crippen LogP contribution in [-0.2, 0) is 0 Å². The maximum Gasteiger partial charge on any atom is 0.232 e. The summed E-state index contributed by atoms with van der Waals surface area (Å²) >= 11 is 0. The van der Waals surface area contributed by atoms with Gasteiger partial charge in [-0.2, -0.15) is 10.2 Å². The van der Waals surface area contributed by atoms with E-state index in [0.717, 1.165) is 5.56 Å². The van der Waals surface area contributed by atoms with Gasteiger partial charge in [-0.3, -0.25) is 0 Å². The Bertz CT molecular complexity index is 623. The number of oxazole rings is 1. The molecule has 1 heterocycles. The summed E-state index contributed by atoms with van der Waals surface area (Å²) in [6, 6.07) is 7.99. The van der Waals surface area contributed by atoms with Gasteiger partial charge in [-0.15, -0.1) is 0 Å². The van der Waals surface area contributed by atoms with Crippen molar-refractivity contribution in [1.82, 2.24) is 4.98 Å². The van der Waals surface area contributed by atoms with E-state index in [1.807, 2.05) is 13.0 Å². The van der Waals surface area contributed by atoms with Gasteiger partial charge in [0, 0.05) is 12.6 Å². The van der Waals surface area contributed by atoms with E-state index in [9.17, 15) is 4.39 Å². The van der Waals surface area contributed by atoms with Gasteiger partial charge in [0.15, 0.2) is 0 Å². The van der Waals surface area contributed by atoms with Gasteiger partial charge in [-0.05, 0) is 30.7 Å². The van der Waals surface area contributed by atoms with Gasteiger partial charge in [0.05, 0.1) is 0 Å². The number of nitrogens with zero attached hydrogens (tertiary/aromatic N) is 2. The molecule has 0 aliphatic carbocycles. The van der Waals surface area contributed by atoms with Gasteiger partial charge in [0.2, 0.25) is 17.5 Å². The van der Waals surface area contributed by atoms with Crippen molar-refractivity contribution < 1.29 is 8.81 Å². The smallest absolute Gasteiger partial charge is 0.232 e. The zero-order valence-corrected chi connectivity index (χ0v) is 10.4. The minimum atomic E-state index is -0.283. The fraction of sp³-hybridized carbons (Fsp3) is 0.143. The van der Waals surface area contributed by atoms with Crippen LogP contribution in [0.3, 0.4) is 0 Å². The second-order valence-electron chi connectivity index (χ2n) is 3.76. The lowest BCUT2D eigenvalue weighted by Crippen LogP contribution is -1.96. The number of aromatic nitrogens is 1. The van der Waals surface area contributed by atoms with E-state index in [-0.39, 0.29) is 11.5 Å². The first kappa shape index (κ1) is 12.8. The lowest BCUT2D eigenvalue weighted by molar-refractivity contribution is 0.559.